The van der Waals surface area contributed by atoms with E-state index in [0.29, 0.717) is 28.1 Å². The first-order chi connectivity index (χ1) is 14.5. The molecule has 0 spiro atoms. The summed E-state index contributed by atoms with van der Waals surface area (Å²) >= 11 is 11.1. The number of hydrogen-bond donors (Lipinski definition) is 2. The van der Waals surface area contributed by atoms with Crippen LogP contribution < -0.4 is 10.6 Å². The van der Waals surface area contributed by atoms with E-state index in [0.717, 1.165) is 21.4 Å². The van der Waals surface area contributed by atoms with Gasteiger partial charge in [-0.3, -0.25) is 9.48 Å². The Morgan fingerprint density at radius 3 is 2.93 bits per heavy atom. The van der Waals surface area contributed by atoms with E-state index >= 15 is 0 Å². The van der Waals surface area contributed by atoms with Gasteiger partial charge in [-0.15, -0.1) is 11.3 Å². The smallest absolute Gasteiger partial charge is 0.261 e. The fourth-order valence-corrected chi connectivity index (χ4v) is 4.19. The van der Waals surface area contributed by atoms with E-state index in [9.17, 15) is 4.79 Å². The zero-order valence-electron chi connectivity index (χ0n) is 15.8. The fraction of sp³-hybridized carbons (Fsp3) is 0.100. The van der Waals surface area contributed by atoms with E-state index in [1.807, 2.05) is 42.8 Å². The molecular formula is C20H16BrClN6OS. The van der Waals surface area contributed by atoms with Gasteiger partial charge in [0, 0.05) is 35.1 Å². The standard InChI is InChI=1S/C20H16BrClN6OS/c1-28-17(5-6-25-28)26-20-24-10-15(22)18(27-20)13-8-16(30-11-13)19(29)23-9-12-3-2-4-14(21)7-12/h2-8,10-11H,9H2,1H3,(H,23,29)(H,24,26,27). The second kappa shape index (κ2) is 8.95. The lowest BCUT2D eigenvalue weighted by molar-refractivity contribution is 0.0955. The van der Waals surface area contributed by atoms with Crippen molar-refractivity contribution in [3.8, 4) is 11.3 Å². The summed E-state index contributed by atoms with van der Waals surface area (Å²) in [5, 5.41) is 12.4. The van der Waals surface area contributed by atoms with Gasteiger partial charge in [0.1, 0.15) is 5.82 Å². The molecule has 0 saturated carbocycles. The number of carbonyl (C=O) groups is 1. The average molecular weight is 504 g/mol. The highest BCUT2D eigenvalue weighted by Gasteiger charge is 2.15. The summed E-state index contributed by atoms with van der Waals surface area (Å²) in [5.41, 5.74) is 2.32. The van der Waals surface area contributed by atoms with Gasteiger partial charge < -0.3 is 10.6 Å². The molecule has 0 radical (unpaired) electrons. The molecule has 1 amide bonds. The Hall–Kier alpha value is -2.75. The first-order valence-corrected chi connectivity index (χ1v) is 10.9. The molecule has 4 rings (SSSR count). The van der Waals surface area contributed by atoms with E-state index in [4.69, 9.17) is 11.6 Å². The third-order valence-corrected chi connectivity index (χ3v) is 5.94. The first kappa shape index (κ1) is 20.5. The number of amides is 1. The molecule has 0 atom stereocenters. The van der Waals surface area contributed by atoms with Crippen LogP contribution in [0.15, 0.2) is 58.6 Å². The summed E-state index contributed by atoms with van der Waals surface area (Å²) in [7, 11) is 1.82. The first-order valence-electron chi connectivity index (χ1n) is 8.89. The molecule has 2 N–H and O–H groups in total. The predicted octanol–water partition coefficient (Wildman–Crippen LogP) is 5.03. The van der Waals surface area contributed by atoms with Gasteiger partial charge in [-0.1, -0.05) is 39.7 Å². The molecular weight excluding hydrogens is 488 g/mol. The number of aromatic nitrogens is 4. The monoisotopic (exact) mass is 502 g/mol. The van der Waals surface area contributed by atoms with Crippen LogP contribution in [-0.2, 0) is 13.6 Å². The Labute approximate surface area is 190 Å². The van der Waals surface area contributed by atoms with Crippen LogP contribution in [0.4, 0.5) is 11.8 Å². The Morgan fingerprint density at radius 2 is 2.17 bits per heavy atom. The van der Waals surface area contributed by atoms with E-state index in [1.54, 1.807) is 16.9 Å². The Kier molecular flexibility index (Phi) is 6.12. The van der Waals surface area contributed by atoms with Crippen LogP contribution in [0.1, 0.15) is 15.2 Å². The fourth-order valence-electron chi connectivity index (χ4n) is 2.74. The van der Waals surface area contributed by atoms with Crippen LogP contribution in [0.25, 0.3) is 11.3 Å². The van der Waals surface area contributed by atoms with Gasteiger partial charge in [-0.2, -0.15) is 5.10 Å². The Morgan fingerprint density at radius 1 is 1.30 bits per heavy atom. The summed E-state index contributed by atoms with van der Waals surface area (Å²) in [6.07, 6.45) is 3.21. The van der Waals surface area contributed by atoms with Crippen LogP contribution in [0, 0.1) is 0 Å². The van der Waals surface area contributed by atoms with Crippen molar-refractivity contribution in [3.05, 3.63) is 74.1 Å². The lowest BCUT2D eigenvalue weighted by Gasteiger charge is -2.07. The summed E-state index contributed by atoms with van der Waals surface area (Å²) in [6.45, 7) is 0.443. The van der Waals surface area contributed by atoms with Crippen molar-refractivity contribution in [2.24, 2.45) is 7.05 Å². The van der Waals surface area contributed by atoms with Crippen LogP contribution in [-0.4, -0.2) is 25.7 Å². The largest absolute Gasteiger partial charge is 0.347 e. The second-order valence-corrected chi connectivity index (χ2v) is 8.60. The molecule has 152 valence electrons. The molecule has 0 bridgehead atoms. The van der Waals surface area contributed by atoms with Crippen molar-refractivity contribution in [2.45, 2.75) is 6.54 Å². The maximum Gasteiger partial charge on any atom is 0.261 e. The van der Waals surface area contributed by atoms with Crippen molar-refractivity contribution in [2.75, 3.05) is 5.32 Å². The minimum atomic E-state index is -0.148. The molecule has 10 heteroatoms. The lowest BCUT2D eigenvalue weighted by Crippen LogP contribution is -2.21. The number of aryl methyl sites for hydroxylation is 1. The number of hydrogen-bond acceptors (Lipinski definition) is 6. The molecule has 0 aliphatic rings. The van der Waals surface area contributed by atoms with Gasteiger partial charge in [0.05, 0.1) is 28.0 Å². The third kappa shape index (κ3) is 4.69. The Bertz CT molecular complexity index is 1210. The summed E-state index contributed by atoms with van der Waals surface area (Å²) < 4.78 is 2.65. The van der Waals surface area contributed by atoms with Crippen molar-refractivity contribution in [1.82, 2.24) is 25.1 Å². The Balaban J connectivity index is 1.49. The molecule has 1 aromatic carbocycles. The highest BCUT2D eigenvalue weighted by Crippen LogP contribution is 2.30. The molecule has 0 aliphatic carbocycles. The number of benzene rings is 1. The number of rotatable bonds is 6. The van der Waals surface area contributed by atoms with Crippen LogP contribution >= 0.6 is 38.9 Å². The molecule has 3 aromatic heterocycles. The molecule has 0 fully saturated rings. The van der Waals surface area contributed by atoms with Crippen LogP contribution in [0.5, 0.6) is 0 Å². The van der Waals surface area contributed by atoms with Gasteiger partial charge in [0.25, 0.3) is 5.91 Å². The van der Waals surface area contributed by atoms with Gasteiger partial charge >= 0.3 is 0 Å². The van der Waals surface area contributed by atoms with E-state index in [-0.39, 0.29) is 5.91 Å². The van der Waals surface area contributed by atoms with Crippen molar-refractivity contribution in [3.63, 3.8) is 0 Å². The molecule has 30 heavy (non-hydrogen) atoms. The predicted molar refractivity (Wildman–Crippen MR) is 122 cm³/mol. The molecule has 0 aliphatic heterocycles. The zero-order valence-corrected chi connectivity index (χ0v) is 18.9. The minimum Gasteiger partial charge on any atom is -0.347 e. The molecule has 0 saturated heterocycles. The number of anilines is 2. The summed E-state index contributed by atoms with van der Waals surface area (Å²) in [5.74, 6) is 0.996. The maximum atomic E-state index is 12.5. The van der Waals surface area contributed by atoms with Crippen molar-refractivity contribution in [1.29, 1.82) is 0 Å². The maximum absolute atomic E-state index is 12.5. The average Bonchev–Trinajstić information content (AvgIpc) is 3.37. The number of carbonyl (C=O) groups excluding carboxylic acids is 1. The quantitative estimate of drug-likeness (QED) is 0.386. The second-order valence-electron chi connectivity index (χ2n) is 6.37. The van der Waals surface area contributed by atoms with Crippen molar-refractivity contribution < 1.29 is 4.79 Å². The highest BCUT2D eigenvalue weighted by molar-refractivity contribution is 9.10. The van der Waals surface area contributed by atoms with E-state index < -0.39 is 0 Å². The molecule has 3 heterocycles. The molecule has 7 nitrogen and oxygen atoms in total. The lowest BCUT2D eigenvalue weighted by atomic mass is 10.2. The summed E-state index contributed by atoms with van der Waals surface area (Å²) in [6, 6.07) is 11.4. The molecule has 4 aromatic rings. The zero-order chi connectivity index (χ0) is 21.1. The number of halogens is 2. The summed E-state index contributed by atoms with van der Waals surface area (Å²) in [4.78, 5) is 21.9. The van der Waals surface area contributed by atoms with Crippen LogP contribution in [0.2, 0.25) is 5.02 Å². The van der Waals surface area contributed by atoms with Gasteiger partial charge in [-0.05, 0) is 23.8 Å². The number of nitrogens with one attached hydrogen (secondary N) is 2. The van der Waals surface area contributed by atoms with Gasteiger partial charge in [0.2, 0.25) is 5.95 Å². The molecule has 0 unspecified atom stereocenters. The van der Waals surface area contributed by atoms with Crippen LogP contribution in [0.3, 0.4) is 0 Å². The van der Waals surface area contributed by atoms with Crippen molar-refractivity contribution >= 4 is 56.5 Å². The van der Waals surface area contributed by atoms with Gasteiger partial charge in [-0.25, -0.2) is 9.97 Å². The normalized spacial score (nSPS) is 10.8. The van der Waals surface area contributed by atoms with E-state index in [1.165, 1.54) is 17.5 Å². The number of thiophene rings is 1. The SMILES string of the molecule is Cn1nccc1Nc1ncc(Cl)c(-c2csc(C(=O)NCc3cccc(Br)c3)c2)n1. The minimum absolute atomic E-state index is 0.148. The highest BCUT2D eigenvalue weighted by atomic mass is 79.9. The number of nitrogens with zero attached hydrogens (tertiary/aromatic N) is 4. The third-order valence-electron chi connectivity index (χ3n) is 4.24. The van der Waals surface area contributed by atoms with Gasteiger partial charge in [0.15, 0.2) is 0 Å². The topological polar surface area (TPSA) is 84.7 Å². The van der Waals surface area contributed by atoms with E-state index in [2.05, 4.69) is 41.6 Å².